The number of nitrogens with one attached hydrogen (secondary N) is 1. The highest BCUT2D eigenvalue weighted by Gasteiger charge is 2.25. The molecule has 1 aliphatic rings. The number of rotatable bonds is 2. The maximum absolute atomic E-state index is 4.24. The molecule has 1 N–H and O–H groups in total. The Morgan fingerprint density at radius 3 is 3.21 bits per heavy atom. The van der Waals surface area contributed by atoms with Gasteiger partial charge in [-0.3, -0.25) is 4.98 Å². The lowest BCUT2D eigenvalue weighted by Crippen LogP contribution is -2.27. The van der Waals surface area contributed by atoms with Crippen LogP contribution in [0.4, 0.5) is 0 Å². The molecule has 1 aliphatic carbocycles. The summed E-state index contributed by atoms with van der Waals surface area (Å²) < 4.78 is 0. The maximum Gasteiger partial charge on any atom is 0.0306 e. The van der Waals surface area contributed by atoms with E-state index in [9.17, 15) is 0 Å². The van der Waals surface area contributed by atoms with Crippen molar-refractivity contribution < 1.29 is 0 Å². The fourth-order valence-electron chi connectivity index (χ4n) is 2.42. The minimum atomic E-state index is 0.650. The summed E-state index contributed by atoms with van der Waals surface area (Å²) in [5.41, 5.74) is 2.96. The Morgan fingerprint density at radius 2 is 2.43 bits per heavy atom. The van der Waals surface area contributed by atoms with Crippen LogP contribution in [0.3, 0.4) is 0 Å². The molecule has 1 aromatic heterocycles. The number of fused-ring (bicyclic) bond motifs is 1. The van der Waals surface area contributed by atoms with E-state index in [2.05, 4.69) is 23.3 Å². The highest BCUT2D eigenvalue weighted by Crippen LogP contribution is 2.34. The molecule has 14 heavy (non-hydrogen) atoms. The van der Waals surface area contributed by atoms with Crippen molar-refractivity contribution in [3.63, 3.8) is 0 Å². The molecule has 0 aromatic carbocycles. The lowest BCUT2D eigenvalue weighted by molar-refractivity contribution is 0.392. The Hall–Kier alpha value is -0.890. The third-order valence-corrected chi connectivity index (χ3v) is 3.33. The van der Waals surface area contributed by atoms with Crippen LogP contribution in [0.15, 0.2) is 18.5 Å². The van der Waals surface area contributed by atoms with Gasteiger partial charge >= 0.3 is 0 Å². The average Bonchev–Trinajstić information content (AvgIpc) is 2.23. The summed E-state index contributed by atoms with van der Waals surface area (Å²) in [5.74, 6) is 1.43. The van der Waals surface area contributed by atoms with Gasteiger partial charge in [-0.05, 0) is 43.0 Å². The lowest BCUT2D eigenvalue weighted by Gasteiger charge is -2.30. The highest BCUT2D eigenvalue weighted by atomic mass is 14.8. The minimum absolute atomic E-state index is 0.650. The Labute approximate surface area is 85.7 Å². The summed E-state index contributed by atoms with van der Waals surface area (Å²) in [4.78, 5) is 4.24. The van der Waals surface area contributed by atoms with Gasteiger partial charge in [-0.2, -0.15) is 0 Å². The Morgan fingerprint density at radius 1 is 1.57 bits per heavy atom. The summed E-state index contributed by atoms with van der Waals surface area (Å²) in [7, 11) is 2.03. The molecule has 76 valence electrons. The van der Waals surface area contributed by atoms with E-state index in [0.29, 0.717) is 5.92 Å². The van der Waals surface area contributed by atoms with Gasteiger partial charge < -0.3 is 5.32 Å². The van der Waals surface area contributed by atoms with E-state index in [1.165, 1.54) is 24.0 Å². The first-order valence-corrected chi connectivity index (χ1v) is 5.40. The van der Waals surface area contributed by atoms with Gasteiger partial charge in [0.15, 0.2) is 0 Å². The van der Waals surface area contributed by atoms with Crippen LogP contribution in [0.2, 0.25) is 0 Å². The number of nitrogens with zero attached hydrogens (tertiary/aromatic N) is 1. The van der Waals surface area contributed by atoms with Crippen molar-refractivity contribution in [1.29, 1.82) is 0 Å². The van der Waals surface area contributed by atoms with Gasteiger partial charge in [0.1, 0.15) is 0 Å². The number of hydrogen-bond acceptors (Lipinski definition) is 2. The van der Waals surface area contributed by atoms with Crippen LogP contribution in [0.25, 0.3) is 0 Å². The van der Waals surface area contributed by atoms with Gasteiger partial charge in [0.05, 0.1) is 0 Å². The molecule has 0 amide bonds. The van der Waals surface area contributed by atoms with Gasteiger partial charge in [0, 0.05) is 24.9 Å². The molecule has 0 radical (unpaired) electrons. The standard InChI is InChI=1S/C12H18N2/c1-9-3-4-10-5-6-14-8-12(10)11(9)7-13-2/h5-6,8-9,11,13H,3-4,7H2,1-2H3. The first-order valence-electron chi connectivity index (χ1n) is 5.40. The predicted octanol–water partition coefficient (Wildman–Crippen LogP) is 1.97. The van der Waals surface area contributed by atoms with Crippen LogP contribution in [0, 0.1) is 5.92 Å². The van der Waals surface area contributed by atoms with E-state index < -0.39 is 0 Å². The fourth-order valence-corrected chi connectivity index (χ4v) is 2.42. The number of hydrogen-bond donors (Lipinski definition) is 1. The monoisotopic (exact) mass is 190 g/mol. The zero-order chi connectivity index (χ0) is 9.97. The molecule has 1 heterocycles. The molecule has 0 saturated heterocycles. The SMILES string of the molecule is CNCC1c2cnccc2CCC1C. The normalized spacial score (nSPS) is 25.9. The van der Waals surface area contributed by atoms with Crippen LogP contribution >= 0.6 is 0 Å². The third kappa shape index (κ3) is 1.67. The predicted molar refractivity (Wildman–Crippen MR) is 58.4 cm³/mol. The van der Waals surface area contributed by atoms with Crippen LogP contribution in [-0.4, -0.2) is 18.6 Å². The van der Waals surface area contributed by atoms with Gasteiger partial charge in [-0.25, -0.2) is 0 Å². The average molecular weight is 190 g/mol. The van der Waals surface area contributed by atoms with E-state index in [4.69, 9.17) is 0 Å². The zero-order valence-corrected chi connectivity index (χ0v) is 8.96. The van der Waals surface area contributed by atoms with Gasteiger partial charge in [0.2, 0.25) is 0 Å². The molecule has 0 spiro atoms. The molecule has 2 rings (SSSR count). The maximum atomic E-state index is 4.24. The summed E-state index contributed by atoms with van der Waals surface area (Å²) in [6, 6.07) is 2.17. The topological polar surface area (TPSA) is 24.9 Å². The first kappa shape index (κ1) is 9.66. The third-order valence-electron chi connectivity index (χ3n) is 3.33. The molecular weight excluding hydrogens is 172 g/mol. The summed E-state index contributed by atoms with van der Waals surface area (Å²) in [6.07, 6.45) is 6.49. The van der Waals surface area contributed by atoms with Crippen molar-refractivity contribution in [3.8, 4) is 0 Å². The second-order valence-electron chi connectivity index (χ2n) is 4.25. The van der Waals surface area contributed by atoms with E-state index in [0.717, 1.165) is 12.5 Å². The van der Waals surface area contributed by atoms with E-state index >= 15 is 0 Å². The van der Waals surface area contributed by atoms with Crippen LogP contribution in [0.1, 0.15) is 30.4 Å². The molecule has 0 bridgehead atoms. The second-order valence-corrected chi connectivity index (χ2v) is 4.25. The Bertz CT molecular complexity index is 309. The largest absolute Gasteiger partial charge is 0.319 e. The molecule has 2 heteroatoms. The first-order chi connectivity index (χ1) is 6.83. The smallest absolute Gasteiger partial charge is 0.0306 e. The fraction of sp³-hybridized carbons (Fsp3) is 0.583. The van der Waals surface area contributed by atoms with E-state index in [1.54, 1.807) is 0 Å². The molecular formula is C12H18N2. The highest BCUT2D eigenvalue weighted by molar-refractivity contribution is 5.30. The van der Waals surface area contributed by atoms with Gasteiger partial charge in [0.25, 0.3) is 0 Å². The van der Waals surface area contributed by atoms with Gasteiger partial charge in [-0.1, -0.05) is 6.92 Å². The van der Waals surface area contributed by atoms with Crippen LogP contribution in [-0.2, 0) is 6.42 Å². The lowest BCUT2D eigenvalue weighted by atomic mass is 9.77. The second kappa shape index (κ2) is 4.09. The molecule has 0 aliphatic heterocycles. The van der Waals surface area contributed by atoms with Gasteiger partial charge in [-0.15, -0.1) is 0 Å². The van der Waals surface area contributed by atoms with Crippen LogP contribution in [0.5, 0.6) is 0 Å². The summed E-state index contributed by atoms with van der Waals surface area (Å²) in [5, 5.41) is 3.28. The quantitative estimate of drug-likeness (QED) is 0.771. The van der Waals surface area contributed by atoms with Crippen molar-refractivity contribution in [2.75, 3.05) is 13.6 Å². The van der Waals surface area contributed by atoms with Crippen molar-refractivity contribution in [2.45, 2.75) is 25.7 Å². The molecule has 2 nitrogen and oxygen atoms in total. The van der Waals surface area contributed by atoms with Crippen molar-refractivity contribution in [3.05, 3.63) is 29.6 Å². The summed E-state index contributed by atoms with van der Waals surface area (Å²) in [6.45, 7) is 3.41. The van der Waals surface area contributed by atoms with Crippen molar-refractivity contribution in [2.24, 2.45) is 5.92 Å². The number of pyridine rings is 1. The molecule has 0 fully saturated rings. The molecule has 2 unspecified atom stereocenters. The number of aryl methyl sites for hydroxylation is 1. The molecule has 2 atom stereocenters. The molecule has 0 saturated carbocycles. The van der Waals surface area contributed by atoms with E-state index in [-0.39, 0.29) is 0 Å². The number of likely N-dealkylation sites (N-methyl/N-ethyl adjacent to an activating group) is 1. The number of aromatic nitrogens is 1. The summed E-state index contributed by atoms with van der Waals surface area (Å²) >= 11 is 0. The Balaban J connectivity index is 2.31. The molecule has 1 aromatic rings. The van der Waals surface area contributed by atoms with E-state index in [1.807, 2.05) is 19.4 Å². The van der Waals surface area contributed by atoms with Crippen LogP contribution < -0.4 is 5.32 Å². The van der Waals surface area contributed by atoms with Crippen molar-refractivity contribution >= 4 is 0 Å². The minimum Gasteiger partial charge on any atom is -0.319 e. The Kier molecular flexibility index (Phi) is 2.82. The van der Waals surface area contributed by atoms with Crippen molar-refractivity contribution in [1.82, 2.24) is 10.3 Å². The zero-order valence-electron chi connectivity index (χ0n) is 8.96.